The van der Waals surface area contributed by atoms with Crippen molar-refractivity contribution >= 4 is 28.8 Å². The molecule has 1 fully saturated rings. The predicted molar refractivity (Wildman–Crippen MR) is 156 cm³/mol. The van der Waals surface area contributed by atoms with Gasteiger partial charge in [-0.25, -0.2) is 4.98 Å². The van der Waals surface area contributed by atoms with Gasteiger partial charge in [-0.15, -0.1) is 11.3 Å². The van der Waals surface area contributed by atoms with Gasteiger partial charge < -0.3 is 15.0 Å². The Bertz CT molecular complexity index is 1410. The molecule has 1 saturated heterocycles. The molecule has 1 unspecified atom stereocenters. The van der Waals surface area contributed by atoms with Gasteiger partial charge in [0.05, 0.1) is 5.01 Å². The number of hydrogen-bond acceptors (Lipinski definition) is 5. The second-order valence-electron chi connectivity index (χ2n) is 9.79. The Morgan fingerprint density at radius 2 is 1.69 bits per heavy atom. The second kappa shape index (κ2) is 12.3. The van der Waals surface area contributed by atoms with E-state index >= 15 is 0 Å². The van der Waals surface area contributed by atoms with Crippen LogP contribution in [0, 0.1) is 0 Å². The van der Waals surface area contributed by atoms with Gasteiger partial charge in [0.15, 0.2) is 6.10 Å². The summed E-state index contributed by atoms with van der Waals surface area (Å²) >= 11 is 1.52. The fraction of sp³-hybridized carbons (Fsp3) is 0.281. The van der Waals surface area contributed by atoms with Gasteiger partial charge in [-0.3, -0.25) is 9.59 Å². The third kappa shape index (κ3) is 6.37. The number of benzene rings is 3. The number of aryl methyl sites for hydroxylation is 1. The van der Waals surface area contributed by atoms with Gasteiger partial charge >= 0.3 is 0 Å². The molecule has 1 N–H and O–H groups in total. The van der Waals surface area contributed by atoms with E-state index in [1.807, 2.05) is 64.9 Å². The molecule has 1 aliphatic rings. The van der Waals surface area contributed by atoms with Crippen molar-refractivity contribution in [1.29, 1.82) is 0 Å². The standard InChI is InChI=1S/C32H33N3O3S/c1-3-23-13-15-24(16-14-23)27-11-7-8-12-28(27)33-30(36)29-21-39-31(34-29)25-17-19-35(20-18-25)32(37)22(2)38-26-9-5-4-6-10-26/h4-16,21-22,25H,3,17-20H2,1-2H3,(H,33,36). The second-order valence-corrected chi connectivity index (χ2v) is 10.7. The van der Waals surface area contributed by atoms with Crippen molar-refractivity contribution in [2.45, 2.75) is 45.1 Å². The number of likely N-dealkylation sites (tertiary alicyclic amines) is 1. The van der Waals surface area contributed by atoms with Gasteiger partial charge in [-0.05, 0) is 55.5 Å². The summed E-state index contributed by atoms with van der Waals surface area (Å²) in [4.78, 5) is 32.6. The maximum atomic E-state index is 13.1. The summed E-state index contributed by atoms with van der Waals surface area (Å²) in [6.45, 7) is 5.23. The number of nitrogens with one attached hydrogen (secondary N) is 1. The highest BCUT2D eigenvalue weighted by Gasteiger charge is 2.29. The van der Waals surface area contributed by atoms with Crippen molar-refractivity contribution in [1.82, 2.24) is 9.88 Å². The summed E-state index contributed by atoms with van der Waals surface area (Å²) in [7, 11) is 0. The van der Waals surface area contributed by atoms with E-state index in [-0.39, 0.29) is 17.7 Å². The molecule has 7 heteroatoms. The SMILES string of the molecule is CCc1ccc(-c2ccccc2NC(=O)c2csc(C3CCN(C(=O)C(C)Oc4ccccc4)CC3)n2)cc1. The van der Waals surface area contributed by atoms with Crippen LogP contribution in [0.15, 0.2) is 84.2 Å². The molecule has 6 nitrogen and oxygen atoms in total. The lowest BCUT2D eigenvalue weighted by Crippen LogP contribution is -2.44. The normalized spacial score (nSPS) is 14.6. The third-order valence-corrected chi connectivity index (χ3v) is 8.17. The maximum Gasteiger partial charge on any atom is 0.275 e. The molecule has 5 rings (SSSR count). The molecule has 1 aromatic heterocycles. The number of thiazole rings is 1. The monoisotopic (exact) mass is 539 g/mol. The average molecular weight is 540 g/mol. The number of rotatable bonds is 8. The Labute approximate surface area is 233 Å². The lowest BCUT2D eigenvalue weighted by molar-refractivity contribution is -0.139. The summed E-state index contributed by atoms with van der Waals surface area (Å²) < 4.78 is 5.82. The largest absolute Gasteiger partial charge is 0.481 e. The Morgan fingerprint density at radius 1 is 1.00 bits per heavy atom. The van der Waals surface area contributed by atoms with Crippen molar-refractivity contribution in [3.63, 3.8) is 0 Å². The molecule has 39 heavy (non-hydrogen) atoms. The first-order valence-electron chi connectivity index (χ1n) is 13.5. The van der Waals surface area contributed by atoms with Crippen LogP contribution >= 0.6 is 11.3 Å². The van der Waals surface area contributed by atoms with Crippen LogP contribution in [0.5, 0.6) is 5.75 Å². The molecule has 1 atom stereocenters. The smallest absolute Gasteiger partial charge is 0.275 e. The molecule has 200 valence electrons. The molecule has 0 saturated carbocycles. The van der Waals surface area contributed by atoms with Gasteiger partial charge in [0, 0.05) is 35.6 Å². The van der Waals surface area contributed by atoms with E-state index in [4.69, 9.17) is 9.72 Å². The molecule has 0 spiro atoms. The van der Waals surface area contributed by atoms with Gasteiger partial charge in [0.2, 0.25) is 0 Å². The quantitative estimate of drug-likeness (QED) is 0.267. The molecule has 2 amide bonds. The third-order valence-electron chi connectivity index (χ3n) is 7.16. The minimum Gasteiger partial charge on any atom is -0.481 e. The van der Waals surface area contributed by atoms with Crippen LogP contribution in [0.3, 0.4) is 0 Å². The summed E-state index contributed by atoms with van der Waals surface area (Å²) in [6, 6.07) is 25.7. The number of carbonyl (C=O) groups is 2. The van der Waals surface area contributed by atoms with Crippen LogP contribution in [0.4, 0.5) is 5.69 Å². The number of para-hydroxylation sites is 2. The highest BCUT2D eigenvalue weighted by Crippen LogP contribution is 2.32. The first-order valence-corrected chi connectivity index (χ1v) is 14.4. The fourth-order valence-corrected chi connectivity index (χ4v) is 5.86. The molecule has 0 aliphatic carbocycles. The van der Waals surface area contributed by atoms with E-state index in [0.717, 1.165) is 41.1 Å². The van der Waals surface area contributed by atoms with Crippen molar-refractivity contribution in [3.8, 4) is 16.9 Å². The van der Waals surface area contributed by atoms with Crippen LogP contribution in [-0.4, -0.2) is 40.9 Å². The highest BCUT2D eigenvalue weighted by molar-refractivity contribution is 7.10. The summed E-state index contributed by atoms with van der Waals surface area (Å²) in [5.74, 6) is 0.711. The summed E-state index contributed by atoms with van der Waals surface area (Å²) in [5, 5.41) is 5.84. The number of aromatic nitrogens is 1. The number of amides is 2. The van der Waals surface area contributed by atoms with Crippen LogP contribution in [0.2, 0.25) is 0 Å². The number of hydrogen-bond donors (Lipinski definition) is 1. The molecule has 1 aliphatic heterocycles. The molecule has 2 heterocycles. The van der Waals surface area contributed by atoms with Crippen LogP contribution in [-0.2, 0) is 11.2 Å². The van der Waals surface area contributed by atoms with E-state index in [9.17, 15) is 9.59 Å². The lowest BCUT2D eigenvalue weighted by atomic mass is 9.97. The Morgan fingerprint density at radius 3 is 2.41 bits per heavy atom. The number of anilines is 1. The highest BCUT2D eigenvalue weighted by atomic mass is 32.1. The molecular formula is C32H33N3O3S. The van der Waals surface area contributed by atoms with Crippen LogP contribution < -0.4 is 10.1 Å². The molecule has 4 aromatic rings. The fourth-order valence-electron chi connectivity index (χ4n) is 4.89. The zero-order valence-electron chi connectivity index (χ0n) is 22.3. The maximum absolute atomic E-state index is 13.1. The first kappa shape index (κ1) is 26.6. The van der Waals surface area contributed by atoms with Crippen molar-refractivity contribution in [3.05, 3.63) is 101 Å². The molecule has 0 radical (unpaired) electrons. The Hall–Kier alpha value is -3.97. The average Bonchev–Trinajstić information content (AvgIpc) is 3.48. The minimum atomic E-state index is -0.536. The van der Waals surface area contributed by atoms with E-state index < -0.39 is 6.10 Å². The Balaban J connectivity index is 1.18. The van der Waals surface area contributed by atoms with Crippen LogP contribution in [0.25, 0.3) is 11.1 Å². The molecule has 0 bridgehead atoms. The topological polar surface area (TPSA) is 71.5 Å². The number of carbonyl (C=O) groups excluding carboxylic acids is 2. The number of piperidine rings is 1. The summed E-state index contributed by atoms with van der Waals surface area (Å²) in [5.41, 5.74) is 4.51. The molecular weight excluding hydrogens is 506 g/mol. The van der Waals surface area contributed by atoms with Gasteiger partial charge in [-0.1, -0.05) is 67.6 Å². The van der Waals surface area contributed by atoms with Crippen molar-refractivity contribution < 1.29 is 14.3 Å². The lowest BCUT2D eigenvalue weighted by Gasteiger charge is -2.32. The van der Waals surface area contributed by atoms with E-state index in [2.05, 4.69) is 36.5 Å². The molecule has 3 aromatic carbocycles. The van der Waals surface area contributed by atoms with Gasteiger partial charge in [0.25, 0.3) is 11.8 Å². The summed E-state index contributed by atoms with van der Waals surface area (Å²) in [6.07, 6.45) is 2.08. The number of nitrogens with zero attached hydrogens (tertiary/aromatic N) is 2. The van der Waals surface area contributed by atoms with Gasteiger partial charge in [-0.2, -0.15) is 0 Å². The van der Waals surface area contributed by atoms with Gasteiger partial charge in [0.1, 0.15) is 11.4 Å². The number of ether oxygens (including phenoxy) is 1. The predicted octanol–water partition coefficient (Wildman–Crippen LogP) is 6.80. The Kier molecular flexibility index (Phi) is 8.37. The van der Waals surface area contributed by atoms with Crippen LogP contribution in [0.1, 0.15) is 53.7 Å². The van der Waals surface area contributed by atoms with Crippen molar-refractivity contribution in [2.75, 3.05) is 18.4 Å². The zero-order chi connectivity index (χ0) is 27.2. The van der Waals surface area contributed by atoms with E-state index in [0.29, 0.717) is 24.5 Å². The minimum absolute atomic E-state index is 0.000456. The first-order chi connectivity index (χ1) is 19.0. The van der Waals surface area contributed by atoms with Crippen molar-refractivity contribution in [2.24, 2.45) is 0 Å². The van der Waals surface area contributed by atoms with E-state index in [1.165, 1.54) is 16.9 Å². The zero-order valence-corrected chi connectivity index (χ0v) is 23.1. The van der Waals surface area contributed by atoms with E-state index in [1.54, 1.807) is 6.92 Å².